The third kappa shape index (κ3) is 3.09. The summed E-state index contributed by atoms with van der Waals surface area (Å²) in [6.45, 7) is 3.91. The average Bonchev–Trinajstić information content (AvgIpc) is 2.44. The number of likely N-dealkylation sites (N-methyl/N-ethyl adjacent to an activating group) is 1. The number of aliphatic hydroxyl groups excluding tert-OH is 1. The lowest BCUT2D eigenvalue weighted by Gasteiger charge is -2.56. The molecule has 126 valence electrons. The van der Waals surface area contributed by atoms with Crippen LogP contribution in [-0.2, 0) is 4.74 Å². The number of rotatable bonds is 5. The lowest BCUT2D eigenvalue weighted by atomic mass is 9.54. The highest BCUT2D eigenvalue weighted by molar-refractivity contribution is 5.03. The van der Waals surface area contributed by atoms with Crippen molar-refractivity contribution in [1.82, 2.24) is 0 Å². The molecule has 5 aliphatic rings. The molecule has 0 amide bonds. The Hall–Kier alpha value is -0.120. The molecule has 0 spiro atoms. The van der Waals surface area contributed by atoms with Crippen LogP contribution in [0.5, 0.6) is 0 Å². The molecular formula is C19H34NO2+. The molecule has 0 aromatic rings. The van der Waals surface area contributed by atoms with Crippen molar-refractivity contribution in [1.29, 1.82) is 0 Å². The molecule has 22 heavy (non-hydrogen) atoms. The van der Waals surface area contributed by atoms with Gasteiger partial charge in [-0.2, -0.15) is 0 Å². The Morgan fingerprint density at radius 2 is 1.55 bits per heavy atom. The van der Waals surface area contributed by atoms with Gasteiger partial charge in [-0.15, -0.1) is 0 Å². The Labute approximate surface area is 135 Å². The first-order valence-electron chi connectivity index (χ1n) is 9.70. The molecule has 1 saturated heterocycles. The number of hydrogen-bond donors (Lipinski definition) is 1. The second kappa shape index (κ2) is 5.75. The van der Waals surface area contributed by atoms with Gasteiger partial charge < -0.3 is 14.3 Å². The van der Waals surface area contributed by atoms with Crippen molar-refractivity contribution in [3.8, 4) is 0 Å². The minimum Gasteiger partial charge on any atom is -0.385 e. The Morgan fingerprint density at radius 1 is 1.00 bits per heavy atom. The molecule has 3 nitrogen and oxygen atoms in total. The molecule has 5 rings (SSSR count). The van der Waals surface area contributed by atoms with E-state index in [1.165, 1.54) is 70.9 Å². The predicted molar refractivity (Wildman–Crippen MR) is 87.5 cm³/mol. The molecule has 4 bridgehead atoms. The Bertz CT molecular complexity index is 367. The van der Waals surface area contributed by atoms with E-state index in [2.05, 4.69) is 7.05 Å². The molecular weight excluding hydrogens is 274 g/mol. The molecule has 0 unspecified atom stereocenters. The van der Waals surface area contributed by atoms with E-state index < -0.39 is 0 Å². The highest BCUT2D eigenvalue weighted by atomic mass is 16.5. The van der Waals surface area contributed by atoms with Crippen LogP contribution in [0.2, 0.25) is 0 Å². The van der Waals surface area contributed by atoms with Gasteiger partial charge in [-0.25, -0.2) is 0 Å². The van der Waals surface area contributed by atoms with Crippen LogP contribution in [0.15, 0.2) is 0 Å². The van der Waals surface area contributed by atoms with Crippen molar-refractivity contribution >= 4 is 0 Å². The molecule has 3 heteroatoms. The van der Waals surface area contributed by atoms with E-state index in [9.17, 15) is 5.11 Å². The highest BCUT2D eigenvalue weighted by Crippen LogP contribution is 2.57. The van der Waals surface area contributed by atoms with Gasteiger partial charge in [0.05, 0.1) is 32.3 Å². The van der Waals surface area contributed by atoms with Gasteiger partial charge in [-0.1, -0.05) is 0 Å². The first-order valence-corrected chi connectivity index (χ1v) is 9.70. The topological polar surface area (TPSA) is 29.5 Å². The summed E-state index contributed by atoms with van der Waals surface area (Å²) >= 11 is 0. The number of nitrogens with zero attached hydrogens (tertiary/aromatic N) is 1. The standard InChI is InChI=1S/C19H34NO2/c1-20(5-3-2-4-6-20)13-18(21)14-22-19-10-15-7-16(11-19)9-17(8-15)12-19/h15-18,21H,2-14H2,1H3/q+1/t15?,16?,17?,18-,19?/m0/s1. The first-order chi connectivity index (χ1) is 10.5. The van der Waals surface area contributed by atoms with E-state index >= 15 is 0 Å². The van der Waals surface area contributed by atoms with Gasteiger partial charge in [0.15, 0.2) is 0 Å². The van der Waals surface area contributed by atoms with Crippen molar-refractivity contribution in [3.63, 3.8) is 0 Å². The van der Waals surface area contributed by atoms with Crippen molar-refractivity contribution < 1.29 is 14.3 Å². The lowest BCUT2D eigenvalue weighted by molar-refractivity contribution is -0.916. The predicted octanol–water partition coefficient (Wildman–Crippen LogP) is 2.96. The zero-order chi connectivity index (χ0) is 15.2. The van der Waals surface area contributed by atoms with E-state index in [-0.39, 0.29) is 11.7 Å². The molecule has 0 aromatic heterocycles. The summed E-state index contributed by atoms with van der Waals surface area (Å²) in [6, 6.07) is 0. The van der Waals surface area contributed by atoms with Crippen LogP contribution >= 0.6 is 0 Å². The van der Waals surface area contributed by atoms with Gasteiger partial charge in [0.2, 0.25) is 0 Å². The van der Waals surface area contributed by atoms with Gasteiger partial charge in [0.1, 0.15) is 12.6 Å². The molecule has 4 aliphatic carbocycles. The number of ether oxygens (including phenoxy) is 1. The highest BCUT2D eigenvalue weighted by Gasteiger charge is 2.51. The number of aliphatic hydroxyl groups is 1. The van der Waals surface area contributed by atoms with E-state index in [1.807, 2.05) is 0 Å². The normalized spacial score (nSPS) is 44.2. The maximum absolute atomic E-state index is 10.5. The third-order valence-electron chi connectivity index (χ3n) is 7.11. The number of likely N-dealkylation sites (tertiary alicyclic amines) is 1. The fourth-order valence-corrected chi connectivity index (χ4v) is 6.50. The maximum Gasteiger partial charge on any atom is 0.126 e. The van der Waals surface area contributed by atoms with Crippen molar-refractivity contribution in [2.45, 2.75) is 69.5 Å². The maximum atomic E-state index is 10.5. The quantitative estimate of drug-likeness (QED) is 0.791. The van der Waals surface area contributed by atoms with E-state index in [0.717, 1.165) is 28.8 Å². The average molecular weight is 308 g/mol. The summed E-state index contributed by atoms with van der Waals surface area (Å²) in [5, 5.41) is 10.5. The zero-order valence-corrected chi connectivity index (χ0v) is 14.3. The van der Waals surface area contributed by atoms with Gasteiger partial charge in [0.25, 0.3) is 0 Å². The molecule has 5 fully saturated rings. The molecule has 1 atom stereocenters. The molecule has 1 N–H and O–H groups in total. The number of piperidine rings is 1. The van der Waals surface area contributed by atoms with Crippen LogP contribution in [0.1, 0.15) is 57.8 Å². The van der Waals surface area contributed by atoms with E-state index in [0.29, 0.717) is 6.61 Å². The fraction of sp³-hybridized carbons (Fsp3) is 1.00. The van der Waals surface area contributed by atoms with Crippen LogP contribution in [0.4, 0.5) is 0 Å². The van der Waals surface area contributed by atoms with Crippen LogP contribution in [0.25, 0.3) is 0 Å². The van der Waals surface area contributed by atoms with Gasteiger partial charge >= 0.3 is 0 Å². The molecule has 0 aromatic carbocycles. The van der Waals surface area contributed by atoms with E-state index in [1.54, 1.807) is 0 Å². The minimum absolute atomic E-state index is 0.149. The van der Waals surface area contributed by atoms with Crippen molar-refractivity contribution in [3.05, 3.63) is 0 Å². The summed E-state index contributed by atoms with van der Waals surface area (Å²) in [4.78, 5) is 0. The minimum atomic E-state index is -0.281. The number of quaternary nitrogens is 1. The van der Waals surface area contributed by atoms with Crippen molar-refractivity contribution in [2.24, 2.45) is 17.8 Å². The monoisotopic (exact) mass is 308 g/mol. The third-order valence-corrected chi connectivity index (χ3v) is 7.11. The molecule has 1 aliphatic heterocycles. The summed E-state index contributed by atoms with van der Waals surface area (Å²) in [5.74, 6) is 2.78. The largest absolute Gasteiger partial charge is 0.385 e. The van der Waals surface area contributed by atoms with Gasteiger partial charge in [-0.3, -0.25) is 0 Å². The summed E-state index contributed by atoms with van der Waals surface area (Å²) in [5.41, 5.74) is 0.149. The summed E-state index contributed by atoms with van der Waals surface area (Å²) in [6.07, 6.45) is 11.9. The lowest BCUT2D eigenvalue weighted by Crippen LogP contribution is -2.55. The molecule has 0 radical (unpaired) electrons. The summed E-state index contributed by atoms with van der Waals surface area (Å²) < 4.78 is 7.48. The van der Waals surface area contributed by atoms with Crippen LogP contribution < -0.4 is 0 Å². The second-order valence-corrected chi connectivity index (χ2v) is 9.38. The number of hydrogen-bond acceptors (Lipinski definition) is 2. The van der Waals surface area contributed by atoms with E-state index in [4.69, 9.17) is 4.74 Å². The van der Waals surface area contributed by atoms with Crippen LogP contribution in [0.3, 0.4) is 0 Å². The van der Waals surface area contributed by atoms with Crippen molar-refractivity contribution in [2.75, 3.05) is 33.3 Å². The molecule has 1 heterocycles. The Kier molecular flexibility index (Phi) is 4.03. The van der Waals surface area contributed by atoms with Crippen LogP contribution in [-0.4, -0.2) is 54.6 Å². The van der Waals surface area contributed by atoms with Gasteiger partial charge in [-0.05, 0) is 75.5 Å². The Morgan fingerprint density at radius 3 is 2.09 bits per heavy atom. The SMILES string of the molecule is C[N+]1(C[C@H](O)COC23CC4CC(CC(C4)C2)C3)CCCCC1. The Balaban J connectivity index is 1.30. The zero-order valence-electron chi connectivity index (χ0n) is 14.3. The molecule has 4 saturated carbocycles. The summed E-state index contributed by atoms with van der Waals surface area (Å²) in [7, 11) is 2.31. The fourth-order valence-electron chi connectivity index (χ4n) is 6.50. The smallest absolute Gasteiger partial charge is 0.126 e. The first kappa shape index (κ1) is 15.4. The van der Waals surface area contributed by atoms with Gasteiger partial charge in [0, 0.05) is 0 Å². The van der Waals surface area contributed by atoms with Crippen LogP contribution in [0, 0.1) is 17.8 Å². The second-order valence-electron chi connectivity index (χ2n) is 9.38.